The van der Waals surface area contributed by atoms with Crippen molar-refractivity contribution in [1.82, 2.24) is 25.1 Å². The molecule has 0 N–H and O–H groups in total. The van der Waals surface area contributed by atoms with E-state index in [0.717, 1.165) is 0 Å². The molecule has 0 unspecified atom stereocenters. The van der Waals surface area contributed by atoms with E-state index in [9.17, 15) is 13.2 Å². The summed E-state index contributed by atoms with van der Waals surface area (Å²) in [5.74, 6) is 0.539. The molecule has 1 aliphatic heterocycles. The van der Waals surface area contributed by atoms with Crippen LogP contribution >= 0.6 is 11.6 Å². The predicted octanol–water partition coefficient (Wildman–Crippen LogP) is 1.67. The fraction of sp³-hybridized carbons (Fsp3) is 0.529. The average Bonchev–Trinajstić information content (AvgIpc) is 3.18. The molecule has 8 nitrogen and oxygen atoms in total. The Balaban J connectivity index is 1.74. The first kappa shape index (κ1) is 19.8. The molecule has 1 amide bonds. The monoisotopic (exact) mass is 411 g/mol. The number of sulfone groups is 1. The summed E-state index contributed by atoms with van der Waals surface area (Å²) in [6.07, 6.45) is 0.472. The van der Waals surface area contributed by atoms with Crippen molar-refractivity contribution in [2.45, 2.75) is 32.9 Å². The van der Waals surface area contributed by atoms with Gasteiger partial charge in [0, 0.05) is 23.2 Å². The molecular weight excluding hydrogens is 390 g/mol. The molecule has 1 aromatic heterocycles. The van der Waals surface area contributed by atoms with Gasteiger partial charge in [0.1, 0.15) is 6.54 Å². The number of benzene rings is 1. The van der Waals surface area contributed by atoms with Crippen molar-refractivity contribution in [1.29, 1.82) is 0 Å². The molecule has 1 saturated heterocycles. The van der Waals surface area contributed by atoms with E-state index in [1.165, 1.54) is 4.80 Å². The highest BCUT2D eigenvalue weighted by molar-refractivity contribution is 7.91. The molecule has 146 valence electrons. The highest BCUT2D eigenvalue weighted by atomic mass is 35.5. The maximum Gasteiger partial charge on any atom is 0.246 e. The zero-order valence-corrected chi connectivity index (χ0v) is 16.8. The lowest BCUT2D eigenvalue weighted by molar-refractivity contribution is -0.134. The Morgan fingerprint density at radius 1 is 1.41 bits per heavy atom. The van der Waals surface area contributed by atoms with Gasteiger partial charge in [-0.15, -0.1) is 10.2 Å². The summed E-state index contributed by atoms with van der Waals surface area (Å²) in [4.78, 5) is 15.7. The van der Waals surface area contributed by atoms with Crippen molar-refractivity contribution in [2.75, 3.05) is 18.1 Å². The maximum atomic E-state index is 12.8. The minimum absolute atomic E-state index is 0.0179. The van der Waals surface area contributed by atoms with Gasteiger partial charge in [-0.2, -0.15) is 4.80 Å². The molecule has 0 saturated carbocycles. The number of carbonyl (C=O) groups excluding carboxylic acids is 1. The largest absolute Gasteiger partial charge is 0.337 e. The number of halogens is 1. The van der Waals surface area contributed by atoms with Gasteiger partial charge in [0.05, 0.1) is 11.5 Å². The Morgan fingerprint density at radius 2 is 2.19 bits per heavy atom. The van der Waals surface area contributed by atoms with Crippen LogP contribution in [0.5, 0.6) is 0 Å². The minimum Gasteiger partial charge on any atom is -0.337 e. The molecule has 0 bridgehead atoms. The quantitative estimate of drug-likeness (QED) is 0.717. The lowest BCUT2D eigenvalue weighted by Crippen LogP contribution is -2.45. The molecule has 2 aromatic rings. The van der Waals surface area contributed by atoms with Crippen LogP contribution in [0.2, 0.25) is 5.02 Å². The molecule has 2 heterocycles. The van der Waals surface area contributed by atoms with Gasteiger partial charge < -0.3 is 4.90 Å². The zero-order valence-electron chi connectivity index (χ0n) is 15.2. The van der Waals surface area contributed by atoms with Crippen molar-refractivity contribution in [3.63, 3.8) is 0 Å². The summed E-state index contributed by atoms with van der Waals surface area (Å²) in [5, 5.41) is 12.7. The van der Waals surface area contributed by atoms with Crippen LogP contribution < -0.4 is 0 Å². The van der Waals surface area contributed by atoms with Crippen molar-refractivity contribution < 1.29 is 13.2 Å². The number of rotatable bonds is 6. The molecule has 0 aliphatic carbocycles. The maximum absolute atomic E-state index is 12.8. The Bertz CT molecular complexity index is 928. The molecule has 1 aromatic carbocycles. The molecular formula is C17H22ClN5O3S. The summed E-state index contributed by atoms with van der Waals surface area (Å²) in [6, 6.07) is 6.77. The highest BCUT2D eigenvalue weighted by Crippen LogP contribution is 2.20. The number of tetrazole rings is 1. The Morgan fingerprint density at radius 3 is 2.81 bits per heavy atom. The summed E-state index contributed by atoms with van der Waals surface area (Å²) < 4.78 is 23.6. The first-order valence-electron chi connectivity index (χ1n) is 8.77. The van der Waals surface area contributed by atoms with Crippen LogP contribution in [0.4, 0.5) is 0 Å². The van der Waals surface area contributed by atoms with E-state index in [1.54, 1.807) is 23.1 Å². The summed E-state index contributed by atoms with van der Waals surface area (Å²) >= 11 is 5.98. The molecule has 1 atom stereocenters. The fourth-order valence-corrected chi connectivity index (χ4v) is 5.06. The molecule has 1 aliphatic rings. The fourth-order valence-electron chi connectivity index (χ4n) is 3.13. The average molecular weight is 412 g/mol. The lowest BCUT2D eigenvalue weighted by atomic mass is 10.1. The zero-order chi connectivity index (χ0) is 19.6. The minimum atomic E-state index is -3.08. The molecule has 3 rings (SSSR count). The van der Waals surface area contributed by atoms with Crippen LogP contribution in [-0.2, 0) is 21.2 Å². The molecule has 1 fully saturated rings. The van der Waals surface area contributed by atoms with Gasteiger partial charge in [-0.1, -0.05) is 37.6 Å². The highest BCUT2D eigenvalue weighted by Gasteiger charge is 2.35. The third-order valence-electron chi connectivity index (χ3n) is 4.34. The predicted molar refractivity (Wildman–Crippen MR) is 102 cm³/mol. The molecule has 27 heavy (non-hydrogen) atoms. The first-order chi connectivity index (χ1) is 12.7. The van der Waals surface area contributed by atoms with Crippen LogP contribution in [0.15, 0.2) is 24.3 Å². The van der Waals surface area contributed by atoms with Crippen molar-refractivity contribution in [3.05, 3.63) is 29.3 Å². The van der Waals surface area contributed by atoms with Gasteiger partial charge in [0.15, 0.2) is 9.84 Å². The second-order valence-corrected chi connectivity index (χ2v) is 9.82. The third-order valence-corrected chi connectivity index (χ3v) is 6.33. The van der Waals surface area contributed by atoms with E-state index in [0.29, 0.717) is 29.4 Å². The normalized spacial score (nSPS) is 18.7. The molecule has 10 heteroatoms. The van der Waals surface area contributed by atoms with Crippen molar-refractivity contribution in [2.24, 2.45) is 5.92 Å². The first-order valence-corrected chi connectivity index (χ1v) is 11.0. The summed E-state index contributed by atoms with van der Waals surface area (Å²) in [7, 11) is -3.08. The summed E-state index contributed by atoms with van der Waals surface area (Å²) in [6.45, 7) is 4.40. The number of amides is 1. The number of nitrogens with zero attached hydrogens (tertiary/aromatic N) is 5. The van der Waals surface area contributed by atoms with E-state index in [4.69, 9.17) is 11.6 Å². The van der Waals surface area contributed by atoms with Gasteiger partial charge in [-0.25, -0.2) is 8.42 Å². The van der Waals surface area contributed by atoms with Crippen LogP contribution in [0.25, 0.3) is 11.4 Å². The van der Waals surface area contributed by atoms with Gasteiger partial charge in [0.2, 0.25) is 11.7 Å². The number of hydrogen-bond acceptors (Lipinski definition) is 6. The van der Waals surface area contributed by atoms with Gasteiger partial charge in [-0.3, -0.25) is 4.79 Å². The topological polar surface area (TPSA) is 98.1 Å². The Kier molecular flexibility index (Phi) is 5.81. The van der Waals surface area contributed by atoms with E-state index >= 15 is 0 Å². The molecule has 0 radical (unpaired) electrons. The van der Waals surface area contributed by atoms with E-state index in [1.807, 2.05) is 19.9 Å². The summed E-state index contributed by atoms with van der Waals surface area (Å²) in [5.41, 5.74) is 0.710. The molecule has 0 spiro atoms. The second-order valence-electron chi connectivity index (χ2n) is 7.15. The van der Waals surface area contributed by atoms with Gasteiger partial charge in [-0.05, 0) is 29.7 Å². The van der Waals surface area contributed by atoms with Gasteiger partial charge >= 0.3 is 0 Å². The Hall–Kier alpha value is -2.00. The van der Waals surface area contributed by atoms with Crippen LogP contribution in [0.3, 0.4) is 0 Å². The van der Waals surface area contributed by atoms with Crippen LogP contribution in [0.1, 0.15) is 20.3 Å². The second kappa shape index (κ2) is 7.93. The smallest absolute Gasteiger partial charge is 0.246 e. The number of hydrogen-bond donors (Lipinski definition) is 0. The standard InChI is InChI=1S/C17H22ClN5O3S/c1-12(2)9-22(15-6-7-27(25,26)11-15)16(24)10-23-20-17(19-21-23)13-4-3-5-14(18)8-13/h3-5,8,12,15H,6-7,9-11H2,1-2H3/t15-/m1/s1. The van der Waals surface area contributed by atoms with E-state index in [-0.39, 0.29) is 35.9 Å². The van der Waals surface area contributed by atoms with Crippen LogP contribution in [0, 0.1) is 5.92 Å². The van der Waals surface area contributed by atoms with Crippen molar-refractivity contribution in [3.8, 4) is 11.4 Å². The van der Waals surface area contributed by atoms with Crippen molar-refractivity contribution >= 4 is 27.3 Å². The SMILES string of the molecule is CC(C)CN(C(=O)Cn1nnc(-c2cccc(Cl)c2)n1)[C@@H]1CCS(=O)(=O)C1. The van der Waals surface area contributed by atoms with Gasteiger partial charge in [0.25, 0.3) is 0 Å². The van der Waals surface area contributed by atoms with Crippen LogP contribution in [-0.4, -0.2) is 63.5 Å². The Labute approximate surface area is 163 Å². The number of carbonyl (C=O) groups is 1. The number of aromatic nitrogens is 4. The third kappa shape index (κ3) is 5.04. The van der Waals surface area contributed by atoms with E-state index < -0.39 is 9.84 Å². The lowest BCUT2D eigenvalue weighted by Gasteiger charge is -2.29. The van der Waals surface area contributed by atoms with E-state index in [2.05, 4.69) is 15.4 Å².